The number of nitriles is 1. The summed E-state index contributed by atoms with van der Waals surface area (Å²) in [6.07, 6.45) is 1.61. The number of hydrogen-bond donors (Lipinski definition) is 1. The molecule has 1 fully saturated rings. The first-order valence-electron chi connectivity index (χ1n) is 11.1. The van der Waals surface area contributed by atoms with Crippen LogP contribution in [0.5, 0.6) is 0 Å². The summed E-state index contributed by atoms with van der Waals surface area (Å²) in [6.45, 7) is 5.91. The third kappa shape index (κ3) is 7.84. The van der Waals surface area contributed by atoms with Crippen molar-refractivity contribution in [3.05, 3.63) is 47.5 Å². The molecule has 1 aliphatic heterocycles. The van der Waals surface area contributed by atoms with Crippen LogP contribution in [0.4, 0.5) is 5.69 Å². The van der Waals surface area contributed by atoms with Crippen molar-refractivity contribution in [3.63, 3.8) is 0 Å². The molecule has 1 N–H and O–H groups in total. The molecule has 1 saturated heterocycles. The summed E-state index contributed by atoms with van der Waals surface area (Å²) in [5.74, 6) is -0.416. The van der Waals surface area contributed by atoms with Gasteiger partial charge in [-0.15, -0.1) is 0 Å². The number of methoxy groups -OCH3 is 1. The van der Waals surface area contributed by atoms with E-state index in [9.17, 15) is 10.1 Å². The number of nitrogens with one attached hydrogen (secondary N) is 1. The molecule has 0 saturated carbocycles. The molecule has 1 heterocycles. The molecule has 0 aromatic heterocycles. The topological polar surface area (TPSA) is 93.0 Å². The molecule has 0 bridgehead atoms. The van der Waals surface area contributed by atoms with Gasteiger partial charge in [0.05, 0.1) is 46.2 Å². The first kappa shape index (κ1) is 24.7. The number of amides is 1. The standard InChI is InChI=1S/C25H31N3O5/c1-30-12-13-33-15-14-31-9-6-27-25(29)23(19-26)17-20-2-3-22-18-24(5-4-21(22)16-20)28-7-10-32-11-8-28/h2-5,16-18H,6-15H2,1H3,(H,27,29)/b23-17-. The maximum absolute atomic E-state index is 12.4. The first-order valence-corrected chi connectivity index (χ1v) is 11.1. The van der Waals surface area contributed by atoms with Crippen molar-refractivity contribution in [2.24, 2.45) is 0 Å². The minimum absolute atomic E-state index is 0.0576. The van der Waals surface area contributed by atoms with E-state index >= 15 is 0 Å². The Morgan fingerprint density at radius 3 is 2.52 bits per heavy atom. The fourth-order valence-electron chi connectivity index (χ4n) is 3.47. The minimum Gasteiger partial charge on any atom is -0.382 e. The molecule has 1 amide bonds. The summed E-state index contributed by atoms with van der Waals surface area (Å²) >= 11 is 0. The lowest BCUT2D eigenvalue weighted by molar-refractivity contribution is -0.117. The number of carbonyl (C=O) groups is 1. The average molecular weight is 454 g/mol. The van der Waals surface area contributed by atoms with E-state index in [0.717, 1.165) is 42.6 Å². The smallest absolute Gasteiger partial charge is 0.262 e. The Balaban J connectivity index is 1.51. The number of ether oxygens (including phenoxy) is 4. The molecule has 8 nitrogen and oxygen atoms in total. The second-order valence-corrected chi connectivity index (χ2v) is 7.53. The van der Waals surface area contributed by atoms with Crippen LogP contribution >= 0.6 is 0 Å². The fourth-order valence-corrected chi connectivity index (χ4v) is 3.47. The van der Waals surface area contributed by atoms with Crippen molar-refractivity contribution < 1.29 is 23.7 Å². The van der Waals surface area contributed by atoms with E-state index in [-0.39, 0.29) is 5.57 Å². The van der Waals surface area contributed by atoms with Crippen molar-refractivity contribution in [3.8, 4) is 6.07 Å². The van der Waals surface area contributed by atoms with Gasteiger partial charge in [-0.25, -0.2) is 0 Å². The van der Waals surface area contributed by atoms with Gasteiger partial charge in [-0.2, -0.15) is 5.26 Å². The molecule has 0 aliphatic carbocycles. The molecule has 0 spiro atoms. The van der Waals surface area contributed by atoms with Crippen molar-refractivity contribution in [2.45, 2.75) is 0 Å². The third-order valence-corrected chi connectivity index (χ3v) is 5.24. The molecule has 2 aromatic rings. The van der Waals surface area contributed by atoms with Crippen LogP contribution in [-0.2, 0) is 23.7 Å². The van der Waals surface area contributed by atoms with E-state index in [1.165, 1.54) is 5.69 Å². The fraction of sp³-hybridized carbons (Fsp3) is 0.440. The Hall–Kier alpha value is -2.96. The van der Waals surface area contributed by atoms with Crippen LogP contribution in [0.1, 0.15) is 5.56 Å². The van der Waals surface area contributed by atoms with E-state index in [2.05, 4.69) is 28.4 Å². The predicted molar refractivity (Wildman–Crippen MR) is 127 cm³/mol. The summed E-state index contributed by atoms with van der Waals surface area (Å²) in [6, 6.07) is 14.2. The number of morpholine rings is 1. The molecule has 1 aliphatic rings. The van der Waals surface area contributed by atoms with Gasteiger partial charge in [-0.3, -0.25) is 4.79 Å². The lowest BCUT2D eigenvalue weighted by Gasteiger charge is -2.29. The number of nitrogens with zero attached hydrogens (tertiary/aromatic N) is 2. The van der Waals surface area contributed by atoms with E-state index in [1.54, 1.807) is 13.2 Å². The zero-order valence-corrected chi connectivity index (χ0v) is 19.0. The van der Waals surface area contributed by atoms with E-state index < -0.39 is 5.91 Å². The van der Waals surface area contributed by atoms with Crippen LogP contribution < -0.4 is 10.2 Å². The Kier molecular flexibility index (Phi) is 10.1. The Bertz CT molecular complexity index is 980. The van der Waals surface area contributed by atoms with Gasteiger partial charge in [0, 0.05) is 32.4 Å². The number of rotatable bonds is 12. The highest BCUT2D eigenvalue weighted by Gasteiger charge is 2.12. The maximum atomic E-state index is 12.4. The number of hydrogen-bond acceptors (Lipinski definition) is 7. The zero-order valence-electron chi connectivity index (χ0n) is 19.0. The van der Waals surface area contributed by atoms with Gasteiger partial charge in [0.2, 0.25) is 0 Å². The molecule has 2 aromatic carbocycles. The van der Waals surface area contributed by atoms with Crippen molar-refractivity contribution in [1.29, 1.82) is 5.26 Å². The Labute approximate surface area is 194 Å². The van der Waals surface area contributed by atoms with Crippen LogP contribution in [0.25, 0.3) is 16.8 Å². The highest BCUT2D eigenvalue weighted by molar-refractivity contribution is 6.02. The molecule has 176 valence electrons. The van der Waals surface area contributed by atoms with Crippen molar-refractivity contribution in [1.82, 2.24) is 5.32 Å². The van der Waals surface area contributed by atoms with Crippen LogP contribution in [-0.4, -0.2) is 78.9 Å². The summed E-state index contributed by atoms with van der Waals surface area (Å²) in [7, 11) is 1.62. The predicted octanol–water partition coefficient (Wildman–Crippen LogP) is 2.38. The summed E-state index contributed by atoms with van der Waals surface area (Å²) in [4.78, 5) is 14.7. The lowest BCUT2D eigenvalue weighted by Crippen LogP contribution is -2.36. The van der Waals surface area contributed by atoms with Gasteiger partial charge in [-0.1, -0.05) is 18.2 Å². The Morgan fingerprint density at radius 1 is 1.06 bits per heavy atom. The lowest BCUT2D eigenvalue weighted by atomic mass is 10.0. The number of fused-ring (bicyclic) bond motifs is 1. The molecule has 3 rings (SSSR count). The van der Waals surface area contributed by atoms with Crippen LogP contribution in [0, 0.1) is 11.3 Å². The summed E-state index contributed by atoms with van der Waals surface area (Å²) < 4.78 is 21.0. The number of anilines is 1. The molecule has 33 heavy (non-hydrogen) atoms. The quantitative estimate of drug-likeness (QED) is 0.300. The van der Waals surface area contributed by atoms with Gasteiger partial charge in [0.15, 0.2) is 0 Å². The number of benzene rings is 2. The summed E-state index contributed by atoms with van der Waals surface area (Å²) in [5.41, 5.74) is 2.04. The van der Waals surface area contributed by atoms with Crippen LogP contribution in [0.2, 0.25) is 0 Å². The van der Waals surface area contributed by atoms with E-state index in [1.807, 2.05) is 24.3 Å². The average Bonchev–Trinajstić information content (AvgIpc) is 2.86. The monoisotopic (exact) mass is 453 g/mol. The number of carbonyl (C=O) groups excluding carboxylic acids is 1. The van der Waals surface area contributed by atoms with Gasteiger partial charge in [0.25, 0.3) is 5.91 Å². The molecular formula is C25H31N3O5. The van der Waals surface area contributed by atoms with Gasteiger partial charge >= 0.3 is 0 Å². The van der Waals surface area contributed by atoms with Gasteiger partial charge in [-0.05, 0) is 40.6 Å². The molecular weight excluding hydrogens is 422 g/mol. The first-order chi connectivity index (χ1) is 16.2. The molecule has 0 atom stereocenters. The second kappa shape index (κ2) is 13.6. The van der Waals surface area contributed by atoms with E-state index in [4.69, 9.17) is 18.9 Å². The SMILES string of the molecule is COCCOCCOCCNC(=O)/C(C#N)=C\c1ccc2cc(N3CCOCC3)ccc2c1. The second-order valence-electron chi connectivity index (χ2n) is 7.53. The summed E-state index contributed by atoms with van der Waals surface area (Å²) in [5, 5.41) is 14.3. The van der Waals surface area contributed by atoms with Crippen LogP contribution in [0.3, 0.4) is 0 Å². The largest absolute Gasteiger partial charge is 0.382 e. The van der Waals surface area contributed by atoms with Crippen molar-refractivity contribution in [2.75, 3.05) is 77.9 Å². The van der Waals surface area contributed by atoms with Crippen molar-refractivity contribution >= 4 is 28.4 Å². The Morgan fingerprint density at radius 2 is 1.76 bits per heavy atom. The maximum Gasteiger partial charge on any atom is 0.262 e. The zero-order chi connectivity index (χ0) is 23.3. The van der Waals surface area contributed by atoms with Crippen LogP contribution in [0.15, 0.2) is 42.0 Å². The highest BCUT2D eigenvalue weighted by Crippen LogP contribution is 2.24. The minimum atomic E-state index is -0.416. The normalized spacial score (nSPS) is 14.3. The molecule has 0 radical (unpaired) electrons. The third-order valence-electron chi connectivity index (χ3n) is 5.24. The van der Waals surface area contributed by atoms with E-state index in [0.29, 0.717) is 39.6 Å². The highest BCUT2D eigenvalue weighted by atomic mass is 16.5. The molecule has 8 heteroatoms. The molecule has 0 unspecified atom stereocenters. The van der Waals surface area contributed by atoms with Gasteiger partial charge < -0.3 is 29.2 Å². The van der Waals surface area contributed by atoms with Gasteiger partial charge in [0.1, 0.15) is 11.6 Å².